The Kier molecular flexibility index (Phi) is 5.78. The maximum absolute atomic E-state index is 12.0. The number of ether oxygens (including phenoxy) is 3. The molecule has 0 unspecified atom stereocenters. The molecule has 0 atom stereocenters. The molecular weight excluding hydrogens is 402 g/mol. The van der Waals surface area contributed by atoms with Crippen molar-refractivity contribution in [3.05, 3.63) is 52.0 Å². The minimum Gasteiger partial charge on any atom is -0.486 e. The van der Waals surface area contributed by atoms with Crippen LogP contribution in [0.4, 0.5) is 5.69 Å². The van der Waals surface area contributed by atoms with Crippen molar-refractivity contribution in [1.82, 2.24) is 0 Å². The highest BCUT2D eigenvalue weighted by atomic mass is 79.9. The Labute approximate surface area is 159 Å². The minimum atomic E-state index is -0.486. The summed E-state index contributed by atoms with van der Waals surface area (Å²) in [6.07, 6.45) is 0.0537. The number of benzene rings is 2. The summed E-state index contributed by atoms with van der Waals surface area (Å²) >= 11 is 3.39. The van der Waals surface area contributed by atoms with Gasteiger partial charge in [0.2, 0.25) is 0 Å². The summed E-state index contributed by atoms with van der Waals surface area (Å²) in [5.41, 5.74) is 2.44. The van der Waals surface area contributed by atoms with Gasteiger partial charge in [-0.25, -0.2) is 0 Å². The van der Waals surface area contributed by atoms with Gasteiger partial charge in [0.05, 0.1) is 12.1 Å². The van der Waals surface area contributed by atoms with Crippen LogP contribution in [0, 0.1) is 6.92 Å². The van der Waals surface area contributed by atoms with Gasteiger partial charge < -0.3 is 19.5 Å². The minimum absolute atomic E-state index is 0.0537. The quantitative estimate of drug-likeness (QED) is 0.752. The third-order valence-electron chi connectivity index (χ3n) is 3.72. The molecule has 1 N–H and O–H groups in total. The second-order valence-electron chi connectivity index (χ2n) is 5.85. The first-order chi connectivity index (χ1) is 12.5. The molecule has 0 aliphatic carbocycles. The van der Waals surface area contributed by atoms with Gasteiger partial charge in [-0.2, -0.15) is 0 Å². The number of rotatable bonds is 5. The number of anilines is 1. The van der Waals surface area contributed by atoms with E-state index in [9.17, 15) is 9.59 Å². The van der Waals surface area contributed by atoms with Crippen molar-refractivity contribution < 1.29 is 23.8 Å². The Bertz CT molecular complexity index is 837. The first-order valence-corrected chi connectivity index (χ1v) is 8.91. The largest absolute Gasteiger partial charge is 0.486 e. The number of hydrogen-bond donors (Lipinski definition) is 1. The molecule has 3 rings (SSSR count). The van der Waals surface area contributed by atoms with Crippen molar-refractivity contribution in [2.45, 2.75) is 13.3 Å². The van der Waals surface area contributed by atoms with E-state index >= 15 is 0 Å². The van der Waals surface area contributed by atoms with E-state index in [4.69, 9.17) is 14.2 Å². The molecule has 0 saturated carbocycles. The van der Waals surface area contributed by atoms with Gasteiger partial charge in [0.1, 0.15) is 13.2 Å². The number of esters is 1. The fourth-order valence-electron chi connectivity index (χ4n) is 2.47. The smallest absolute Gasteiger partial charge is 0.310 e. The normalized spacial score (nSPS) is 12.4. The first kappa shape index (κ1) is 18.3. The maximum atomic E-state index is 12.0. The van der Waals surface area contributed by atoms with Crippen LogP contribution in [0.2, 0.25) is 0 Å². The average molecular weight is 420 g/mol. The lowest BCUT2D eigenvalue weighted by Gasteiger charge is -2.18. The fraction of sp³-hybridized carbons (Fsp3) is 0.263. The number of carbonyl (C=O) groups excluding carboxylic acids is 2. The highest BCUT2D eigenvalue weighted by Gasteiger charge is 2.14. The number of hydrogen-bond acceptors (Lipinski definition) is 5. The van der Waals surface area contributed by atoms with E-state index in [1.54, 1.807) is 24.3 Å². The molecule has 0 fully saturated rings. The fourth-order valence-corrected chi connectivity index (χ4v) is 3.06. The zero-order valence-corrected chi connectivity index (χ0v) is 15.8. The summed E-state index contributed by atoms with van der Waals surface area (Å²) in [7, 11) is 0. The van der Waals surface area contributed by atoms with Gasteiger partial charge >= 0.3 is 5.97 Å². The van der Waals surface area contributed by atoms with Crippen LogP contribution in [0.15, 0.2) is 40.9 Å². The lowest BCUT2D eigenvalue weighted by molar-refractivity contribution is -0.146. The summed E-state index contributed by atoms with van der Waals surface area (Å²) < 4.78 is 16.7. The standard InChI is InChI=1S/C19H18BrNO5/c1-12-2-4-15(14(20)8-12)21-18(22)11-26-19(23)10-13-3-5-16-17(9-13)25-7-6-24-16/h2-5,8-9H,6-7,10-11H2,1H3,(H,21,22). The van der Waals surface area contributed by atoms with Gasteiger partial charge in [-0.3, -0.25) is 9.59 Å². The lowest BCUT2D eigenvalue weighted by atomic mass is 10.1. The number of fused-ring (bicyclic) bond motifs is 1. The third-order valence-corrected chi connectivity index (χ3v) is 4.37. The van der Waals surface area contributed by atoms with Gasteiger partial charge in [-0.1, -0.05) is 12.1 Å². The van der Waals surface area contributed by atoms with E-state index in [0.29, 0.717) is 30.4 Å². The van der Waals surface area contributed by atoms with Crippen molar-refractivity contribution in [2.24, 2.45) is 0 Å². The van der Waals surface area contributed by atoms with Crippen molar-refractivity contribution in [3.63, 3.8) is 0 Å². The van der Waals surface area contributed by atoms with Crippen LogP contribution in [0.1, 0.15) is 11.1 Å². The van der Waals surface area contributed by atoms with Gasteiger partial charge in [-0.15, -0.1) is 0 Å². The van der Waals surface area contributed by atoms with Crippen molar-refractivity contribution in [3.8, 4) is 11.5 Å². The predicted octanol–water partition coefficient (Wildman–Crippen LogP) is 3.25. The summed E-state index contributed by atoms with van der Waals surface area (Å²) in [6, 6.07) is 10.8. The summed E-state index contributed by atoms with van der Waals surface area (Å²) in [5.74, 6) is 0.393. The molecule has 1 heterocycles. The molecule has 1 aliphatic heterocycles. The van der Waals surface area contributed by atoms with Crippen LogP contribution in [0.25, 0.3) is 0 Å². The Morgan fingerprint density at radius 3 is 2.65 bits per heavy atom. The van der Waals surface area contributed by atoms with E-state index in [-0.39, 0.29) is 13.0 Å². The van der Waals surface area contributed by atoms with Gasteiger partial charge in [0.15, 0.2) is 18.1 Å². The molecule has 7 heteroatoms. The Balaban J connectivity index is 1.50. The lowest BCUT2D eigenvalue weighted by Crippen LogP contribution is -2.22. The molecule has 0 radical (unpaired) electrons. The van der Waals surface area contributed by atoms with Crippen molar-refractivity contribution >= 4 is 33.5 Å². The van der Waals surface area contributed by atoms with E-state index in [0.717, 1.165) is 15.6 Å². The number of halogens is 1. The molecular formula is C19H18BrNO5. The molecule has 1 aliphatic rings. The molecule has 136 valence electrons. The Morgan fingerprint density at radius 2 is 1.88 bits per heavy atom. The van der Waals surface area contributed by atoms with Crippen LogP contribution >= 0.6 is 15.9 Å². The van der Waals surface area contributed by atoms with E-state index in [2.05, 4.69) is 21.2 Å². The van der Waals surface area contributed by atoms with Gasteiger partial charge in [-0.05, 0) is 58.2 Å². The molecule has 2 aromatic carbocycles. The number of amides is 1. The SMILES string of the molecule is Cc1ccc(NC(=O)COC(=O)Cc2ccc3c(c2)OCCO3)c(Br)c1. The predicted molar refractivity (Wildman–Crippen MR) is 99.6 cm³/mol. The average Bonchev–Trinajstić information content (AvgIpc) is 2.62. The molecule has 0 saturated heterocycles. The van der Waals surface area contributed by atoms with Crippen LogP contribution in [0.5, 0.6) is 11.5 Å². The summed E-state index contributed by atoms with van der Waals surface area (Å²) in [6.45, 7) is 2.61. The van der Waals surface area contributed by atoms with Gasteiger partial charge in [0, 0.05) is 4.47 Å². The van der Waals surface area contributed by atoms with Crippen molar-refractivity contribution in [1.29, 1.82) is 0 Å². The van der Waals surface area contributed by atoms with Crippen LogP contribution < -0.4 is 14.8 Å². The van der Waals surface area contributed by atoms with Gasteiger partial charge in [0.25, 0.3) is 5.91 Å². The van der Waals surface area contributed by atoms with Crippen molar-refractivity contribution in [2.75, 3.05) is 25.1 Å². The monoisotopic (exact) mass is 419 g/mol. The summed E-state index contributed by atoms with van der Waals surface area (Å²) in [4.78, 5) is 23.9. The highest BCUT2D eigenvalue weighted by Crippen LogP contribution is 2.30. The number of aryl methyl sites for hydroxylation is 1. The Hall–Kier alpha value is -2.54. The Morgan fingerprint density at radius 1 is 1.12 bits per heavy atom. The molecule has 26 heavy (non-hydrogen) atoms. The topological polar surface area (TPSA) is 73.9 Å². The molecule has 1 amide bonds. The second-order valence-corrected chi connectivity index (χ2v) is 6.70. The molecule has 0 spiro atoms. The molecule has 0 bridgehead atoms. The maximum Gasteiger partial charge on any atom is 0.310 e. The zero-order chi connectivity index (χ0) is 18.5. The van der Waals surface area contributed by atoms with Crippen LogP contribution in [-0.2, 0) is 20.7 Å². The molecule has 6 nitrogen and oxygen atoms in total. The van der Waals surface area contributed by atoms with E-state index in [1.807, 2.05) is 19.1 Å². The zero-order valence-electron chi connectivity index (χ0n) is 14.2. The van der Waals surface area contributed by atoms with Crippen LogP contribution in [-0.4, -0.2) is 31.7 Å². The summed E-state index contributed by atoms with van der Waals surface area (Å²) in [5, 5.41) is 2.70. The molecule has 2 aromatic rings. The van der Waals surface area contributed by atoms with E-state index in [1.165, 1.54) is 0 Å². The highest BCUT2D eigenvalue weighted by molar-refractivity contribution is 9.10. The number of carbonyl (C=O) groups is 2. The second kappa shape index (κ2) is 8.23. The van der Waals surface area contributed by atoms with E-state index < -0.39 is 11.9 Å². The first-order valence-electron chi connectivity index (χ1n) is 8.11. The molecule has 0 aromatic heterocycles. The third kappa shape index (κ3) is 4.76. The van der Waals surface area contributed by atoms with Crippen LogP contribution in [0.3, 0.4) is 0 Å². The number of nitrogens with one attached hydrogen (secondary N) is 1.